The van der Waals surface area contributed by atoms with Crippen LogP contribution in [0.1, 0.15) is 0 Å². The molecule has 19 heavy (non-hydrogen) atoms. The summed E-state index contributed by atoms with van der Waals surface area (Å²) in [5.41, 5.74) is 1.70. The van der Waals surface area contributed by atoms with E-state index in [-0.39, 0.29) is 0 Å². The Hall–Kier alpha value is -1.16. The summed E-state index contributed by atoms with van der Waals surface area (Å²) in [5, 5.41) is 1.95. The molecule has 0 amide bonds. The summed E-state index contributed by atoms with van der Waals surface area (Å²) in [7, 11) is 0. The summed E-state index contributed by atoms with van der Waals surface area (Å²) in [6.45, 7) is 0. The van der Waals surface area contributed by atoms with E-state index < -0.39 is 0 Å². The molecule has 3 rings (SSSR count). The summed E-state index contributed by atoms with van der Waals surface area (Å²) >= 11 is 15.5. The number of aromatic nitrogens is 2. The molecule has 0 bridgehead atoms. The van der Waals surface area contributed by atoms with Gasteiger partial charge >= 0.3 is 0 Å². The molecule has 2 aromatic carbocycles. The molecule has 0 fully saturated rings. The Bertz CT molecular complexity index is 757. The lowest BCUT2D eigenvalue weighted by Crippen LogP contribution is -1.91. The van der Waals surface area contributed by atoms with E-state index in [9.17, 15) is 0 Å². The van der Waals surface area contributed by atoms with Crippen molar-refractivity contribution < 1.29 is 0 Å². The second-order valence-electron chi connectivity index (χ2n) is 4.01. The van der Waals surface area contributed by atoms with Crippen LogP contribution >= 0.6 is 39.1 Å². The van der Waals surface area contributed by atoms with Crippen LogP contribution in [0.15, 0.2) is 46.9 Å². The fourth-order valence-electron chi connectivity index (χ4n) is 1.79. The van der Waals surface area contributed by atoms with Gasteiger partial charge in [-0.15, -0.1) is 0 Å². The van der Waals surface area contributed by atoms with Crippen molar-refractivity contribution in [2.45, 2.75) is 0 Å². The van der Waals surface area contributed by atoms with Crippen LogP contribution in [0.4, 0.5) is 0 Å². The number of nitrogens with zero attached hydrogens (tertiary/aromatic N) is 2. The zero-order valence-electron chi connectivity index (χ0n) is 9.57. The number of halogens is 3. The molecular formula is C14H7BrCl2N2. The Labute approximate surface area is 128 Å². The van der Waals surface area contributed by atoms with E-state index in [1.165, 1.54) is 0 Å². The molecule has 0 spiro atoms. The predicted octanol–water partition coefficient (Wildman–Crippen LogP) is 5.37. The maximum absolute atomic E-state index is 6.22. The molecule has 2 nitrogen and oxygen atoms in total. The van der Waals surface area contributed by atoms with Gasteiger partial charge in [0.2, 0.25) is 0 Å². The Balaban J connectivity index is 2.20. The van der Waals surface area contributed by atoms with Gasteiger partial charge in [-0.2, -0.15) is 0 Å². The van der Waals surface area contributed by atoms with Crippen LogP contribution in [0.2, 0.25) is 10.2 Å². The summed E-state index contributed by atoms with van der Waals surface area (Å²) in [6, 6.07) is 13.1. The molecule has 0 aliphatic heterocycles. The van der Waals surface area contributed by atoms with Crippen molar-refractivity contribution in [2.24, 2.45) is 0 Å². The van der Waals surface area contributed by atoms with Gasteiger partial charge in [-0.1, -0.05) is 39.1 Å². The van der Waals surface area contributed by atoms with Crippen LogP contribution in [-0.2, 0) is 0 Å². The van der Waals surface area contributed by atoms with E-state index in [0.717, 1.165) is 20.9 Å². The van der Waals surface area contributed by atoms with Crippen molar-refractivity contribution in [3.63, 3.8) is 0 Å². The van der Waals surface area contributed by atoms with E-state index in [2.05, 4.69) is 25.9 Å². The Morgan fingerprint density at radius 3 is 2.37 bits per heavy atom. The topological polar surface area (TPSA) is 25.8 Å². The monoisotopic (exact) mass is 352 g/mol. The molecule has 3 aromatic rings. The lowest BCUT2D eigenvalue weighted by Gasteiger charge is -2.05. The largest absolute Gasteiger partial charge is 0.228 e. The first-order chi connectivity index (χ1) is 9.13. The highest BCUT2D eigenvalue weighted by Crippen LogP contribution is 2.27. The minimum Gasteiger partial charge on any atom is -0.228 e. The lowest BCUT2D eigenvalue weighted by atomic mass is 10.2. The van der Waals surface area contributed by atoms with E-state index in [1.807, 2.05) is 30.3 Å². The van der Waals surface area contributed by atoms with Crippen molar-refractivity contribution >= 4 is 50.0 Å². The number of hydrogen-bond acceptors (Lipinski definition) is 2. The standard InChI is InChI=1S/C14H7BrCl2N2/c15-9-3-6-12-11(7-9)13(17)19-14(18-12)8-1-4-10(16)5-2-8/h1-7H. The third kappa shape index (κ3) is 2.59. The molecule has 0 unspecified atom stereocenters. The van der Waals surface area contributed by atoms with Crippen LogP contribution in [0.5, 0.6) is 0 Å². The normalized spacial score (nSPS) is 10.9. The first-order valence-corrected chi connectivity index (χ1v) is 7.07. The highest BCUT2D eigenvalue weighted by Gasteiger charge is 2.08. The molecule has 0 atom stereocenters. The van der Waals surface area contributed by atoms with Crippen LogP contribution in [0.3, 0.4) is 0 Å². The predicted molar refractivity (Wildman–Crippen MR) is 82.7 cm³/mol. The van der Waals surface area contributed by atoms with Gasteiger partial charge in [-0.25, -0.2) is 9.97 Å². The molecule has 1 aromatic heterocycles. The van der Waals surface area contributed by atoms with E-state index in [4.69, 9.17) is 23.2 Å². The molecular weight excluding hydrogens is 347 g/mol. The molecule has 1 heterocycles. The third-order valence-electron chi connectivity index (χ3n) is 2.71. The zero-order valence-corrected chi connectivity index (χ0v) is 12.7. The quantitative estimate of drug-likeness (QED) is 0.550. The molecule has 0 aliphatic rings. The molecule has 5 heteroatoms. The van der Waals surface area contributed by atoms with Gasteiger partial charge in [-0.05, 0) is 42.5 Å². The van der Waals surface area contributed by atoms with Crippen molar-refractivity contribution in [1.29, 1.82) is 0 Å². The molecule has 94 valence electrons. The van der Waals surface area contributed by atoms with Crippen molar-refractivity contribution in [2.75, 3.05) is 0 Å². The molecule has 0 aliphatic carbocycles. The third-order valence-corrected chi connectivity index (χ3v) is 3.75. The summed E-state index contributed by atoms with van der Waals surface area (Å²) in [4.78, 5) is 8.85. The zero-order chi connectivity index (χ0) is 13.4. The average Bonchev–Trinajstić information content (AvgIpc) is 2.40. The van der Waals surface area contributed by atoms with Gasteiger partial charge in [-0.3, -0.25) is 0 Å². The fourth-order valence-corrected chi connectivity index (χ4v) is 2.51. The SMILES string of the molecule is Clc1ccc(-c2nc(Cl)c3cc(Br)ccc3n2)cc1. The van der Waals surface area contributed by atoms with Gasteiger partial charge in [0.15, 0.2) is 5.82 Å². The lowest BCUT2D eigenvalue weighted by molar-refractivity contribution is 1.23. The number of benzene rings is 2. The summed E-state index contributed by atoms with van der Waals surface area (Å²) in [6.07, 6.45) is 0. The Morgan fingerprint density at radius 2 is 1.63 bits per heavy atom. The van der Waals surface area contributed by atoms with Crippen molar-refractivity contribution in [3.8, 4) is 11.4 Å². The molecule has 0 radical (unpaired) electrons. The van der Waals surface area contributed by atoms with E-state index in [0.29, 0.717) is 16.0 Å². The second-order valence-corrected chi connectivity index (χ2v) is 5.72. The van der Waals surface area contributed by atoms with Gasteiger partial charge < -0.3 is 0 Å². The molecule has 0 saturated carbocycles. The molecule has 0 saturated heterocycles. The first kappa shape index (κ1) is 12.9. The van der Waals surface area contributed by atoms with Gasteiger partial charge in [0.1, 0.15) is 5.15 Å². The number of fused-ring (bicyclic) bond motifs is 1. The Morgan fingerprint density at radius 1 is 0.895 bits per heavy atom. The van der Waals surface area contributed by atoms with E-state index in [1.54, 1.807) is 12.1 Å². The van der Waals surface area contributed by atoms with Gasteiger partial charge in [0.25, 0.3) is 0 Å². The maximum atomic E-state index is 6.22. The van der Waals surface area contributed by atoms with Crippen molar-refractivity contribution in [3.05, 3.63) is 57.1 Å². The smallest absolute Gasteiger partial charge is 0.161 e. The van der Waals surface area contributed by atoms with Crippen molar-refractivity contribution in [1.82, 2.24) is 9.97 Å². The second kappa shape index (κ2) is 5.08. The highest BCUT2D eigenvalue weighted by molar-refractivity contribution is 9.10. The minimum absolute atomic E-state index is 0.441. The average molecular weight is 354 g/mol. The van der Waals surface area contributed by atoms with Crippen LogP contribution in [0, 0.1) is 0 Å². The first-order valence-electron chi connectivity index (χ1n) is 5.52. The minimum atomic E-state index is 0.441. The van der Waals surface area contributed by atoms with Gasteiger partial charge in [0.05, 0.1) is 5.52 Å². The fraction of sp³-hybridized carbons (Fsp3) is 0. The number of hydrogen-bond donors (Lipinski definition) is 0. The summed E-state index contributed by atoms with van der Waals surface area (Å²) < 4.78 is 0.949. The molecule has 0 N–H and O–H groups in total. The highest BCUT2D eigenvalue weighted by atomic mass is 79.9. The maximum Gasteiger partial charge on any atom is 0.161 e. The van der Waals surface area contributed by atoms with Crippen LogP contribution in [-0.4, -0.2) is 9.97 Å². The summed E-state index contributed by atoms with van der Waals surface area (Å²) in [5.74, 6) is 0.594. The van der Waals surface area contributed by atoms with Crippen LogP contribution in [0.25, 0.3) is 22.3 Å². The Kier molecular flexibility index (Phi) is 3.44. The number of rotatable bonds is 1. The van der Waals surface area contributed by atoms with E-state index >= 15 is 0 Å². The van der Waals surface area contributed by atoms with Gasteiger partial charge in [0, 0.05) is 20.4 Å². The van der Waals surface area contributed by atoms with Crippen LogP contribution < -0.4 is 0 Å².